The van der Waals surface area contributed by atoms with Crippen molar-refractivity contribution in [3.8, 4) is 0 Å². The van der Waals surface area contributed by atoms with Gasteiger partial charge in [-0.25, -0.2) is 13.2 Å². The molecule has 4 unspecified atom stereocenters. The van der Waals surface area contributed by atoms with Crippen LogP contribution in [0.5, 0.6) is 0 Å². The minimum absolute atomic E-state index is 0.145. The van der Waals surface area contributed by atoms with Crippen molar-refractivity contribution in [2.24, 2.45) is 17.6 Å². The predicted molar refractivity (Wildman–Crippen MR) is 148 cm³/mol. The molecule has 41 heavy (non-hydrogen) atoms. The highest BCUT2D eigenvalue weighted by molar-refractivity contribution is 7.92. The van der Waals surface area contributed by atoms with Crippen molar-refractivity contribution >= 4 is 33.5 Å². The molecule has 2 bridgehead atoms. The molecular weight excluding hydrogens is 550 g/mol. The lowest BCUT2D eigenvalue weighted by Crippen LogP contribution is -2.76. The van der Waals surface area contributed by atoms with E-state index in [9.17, 15) is 33.0 Å². The summed E-state index contributed by atoms with van der Waals surface area (Å²) in [6.45, 7) is 10.1. The highest BCUT2D eigenvalue weighted by Gasteiger charge is 2.60. The number of sulfonamides is 1. The summed E-state index contributed by atoms with van der Waals surface area (Å²) in [5, 5.41) is 20.1. The Morgan fingerprint density at radius 2 is 1.76 bits per heavy atom. The lowest BCUT2D eigenvalue weighted by molar-refractivity contribution is -1.08. The van der Waals surface area contributed by atoms with Gasteiger partial charge in [-0.3, -0.25) is 13.9 Å². The summed E-state index contributed by atoms with van der Waals surface area (Å²) in [5.41, 5.74) is 8.02. The number of hydrogen-bond acceptors (Lipinski definition) is 6. The van der Waals surface area contributed by atoms with Crippen LogP contribution in [0.2, 0.25) is 0 Å². The SMILES string of the molecule is CC(O)C1C(=O)N2C(C(=O)O)=C(CN3c4cccc(CC[N+]56CC[N+](CC(N)=O)(CC5)CC6)c4CS3(=O)=O)C(C)C12. The monoisotopic (exact) mass is 589 g/mol. The number of quaternary nitrogens is 2. The standard InChI is InChI=1S/C28H37N5O7S/c1-17-20(26(28(37)38)31-25(17)24(18(2)34)27(31)36)14-30-22-5-3-4-19(21(22)16-41(30,39)40)6-7-32-8-11-33(12-9-32,13-10-32)15-23(29)35/h3-5,17-18,24-25,34H,6-16H2,1-2H3,(H-2,29,35,37,38)/p+2. The molecule has 4 saturated heterocycles. The number of carbonyl (C=O) groups is 3. The zero-order chi connectivity index (χ0) is 29.5. The highest BCUT2D eigenvalue weighted by atomic mass is 32.2. The van der Waals surface area contributed by atoms with Gasteiger partial charge in [0, 0.05) is 12.3 Å². The number of piperazine rings is 3. The van der Waals surface area contributed by atoms with Gasteiger partial charge in [-0.2, -0.15) is 0 Å². The molecule has 2 amide bonds. The zero-order valence-corrected chi connectivity index (χ0v) is 24.3. The van der Waals surface area contributed by atoms with Crippen molar-refractivity contribution in [1.29, 1.82) is 0 Å². The number of aliphatic carboxylic acids is 1. The zero-order valence-electron chi connectivity index (χ0n) is 23.5. The van der Waals surface area contributed by atoms with Crippen LogP contribution in [-0.4, -0.2) is 121 Å². The predicted octanol–water partition coefficient (Wildman–Crippen LogP) is -0.779. The second-order valence-corrected chi connectivity index (χ2v) is 14.6. The molecule has 4 fully saturated rings. The Hall–Kier alpha value is -3.00. The van der Waals surface area contributed by atoms with E-state index in [-0.39, 0.29) is 23.9 Å². The first-order valence-corrected chi connectivity index (χ1v) is 16.0. The first kappa shape index (κ1) is 28.1. The second kappa shape index (κ2) is 9.51. The molecule has 4 N–H and O–H groups in total. The van der Waals surface area contributed by atoms with E-state index < -0.39 is 45.9 Å². The van der Waals surface area contributed by atoms with E-state index in [1.165, 1.54) is 16.1 Å². The Labute approximate surface area is 239 Å². The van der Waals surface area contributed by atoms with Gasteiger partial charge in [0.25, 0.3) is 5.91 Å². The third kappa shape index (κ3) is 4.36. The van der Waals surface area contributed by atoms with Crippen molar-refractivity contribution in [2.75, 3.05) is 63.2 Å². The van der Waals surface area contributed by atoms with E-state index in [1.807, 2.05) is 12.1 Å². The van der Waals surface area contributed by atoms with Crippen LogP contribution in [0.15, 0.2) is 29.5 Å². The van der Waals surface area contributed by atoms with E-state index in [1.54, 1.807) is 13.0 Å². The molecule has 1 aromatic rings. The van der Waals surface area contributed by atoms with Crippen LogP contribution in [0.3, 0.4) is 0 Å². The maximum absolute atomic E-state index is 13.5. The maximum atomic E-state index is 13.5. The van der Waals surface area contributed by atoms with Crippen LogP contribution in [0.1, 0.15) is 25.0 Å². The number of primary amides is 1. The molecule has 6 aliphatic heterocycles. The maximum Gasteiger partial charge on any atom is 0.352 e. The van der Waals surface area contributed by atoms with E-state index in [0.717, 1.165) is 72.3 Å². The van der Waals surface area contributed by atoms with Gasteiger partial charge >= 0.3 is 5.97 Å². The van der Waals surface area contributed by atoms with Crippen LogP contribution in [0.25, 0.3) is 0 Å². The second-order valence-electron chi connectivity index (χ2n) is 12.7. The Kier molecular flexibility index (Phi) is 6.53. The van der Waals surface area contributed by atoms with Crippen LogP contribution >= 0.6 is 0 Å². The fourth-order valence-electron chi connectivity index (χ4n) is 8.06. The number of carbonyl (C=O) groups excluding carboxylic acids is 2. The molecule has 6 heterocycles. The molecule has 0 spiro atoms. The first-order chi connectivity index (χ1) is 19.3. The average Bonchev–Trinajstić information content (AvgIpc) is 3.31. The van der Waals surface area contributed by atoms with Gasteiger partial charge in [-0.1, -0.05) is 19.1 Å². The number of anilines is 1. The number of carboxylic acids is 1. The number of aliphatic hydroxyl groups is 1. The van der Waals surface area contributed by atoms with Crippen LogP contribution in [0, 0.1) is 11.8 Å². The fourth-order valence-corrected chi connectivity index (χ4v) is 9.72. The Morgan fingerprint density at radius 1 is 1.12 bits per heavy atom. The number of hydrogen-bond donors (Lipinski definition) is 3. The first-order valence-electron chi connectivity index (χ1n) is 14.4. The Bertz CT molecular complexity index is 1450. The molecule has 0 radical (unpaired) electrons. The molecule has 222 valence electrons. The van der Waals surface area contributed by atoms with Crippen molar-refractivity contribution in [1.82, 2.24) is 4.90 Å². The fraction of sp³-hybridized carbons (Fsp3) is 0.607. The van der Waals surface area contributed by atoms with Crippen LogP contribution in [0.4, 0.5) is 5.69 Å². The minimum Gasteiger partial charge on any atom is -0.477 e. The summed E-state index contributed by atoms with van der Waals surface area (Å²) in [4.78, 5) is 37.8. The van der Waals surface area contributed by atoms with Gasteiger partial charge in [0.05, 0.1) is 42.6 Å². The van der Waals surface area contributed by atoms with Crippen LogP contribution < -0.4 is 10.0 Å². The van der Waals surface area contributed by atoms with Gasteiger partial charge in [0.1, 0.15) is 45.0 Å². The number of fused-ring (bicyclic) bond motifs is 5. The number of amides is 2. The van der Waals surface area contributed by atoms with Crippen molar-refractivity contribution in [2.45, 2.75) is 38.2 Å². The summed E-state index contributed by atoms with van der Waals surface area (Å²) < 4.78 is 30.0. The van der Waals surface area contributed by atoms with Crippen molar-refractivity contribution < 1.29 is 42.0 Å². The summed E-state index contributed by atoms with van der Waals surface area (Å²) in [5.74, 6) is -3.23. The topological polar surface area (TPSA) is 158 Å². The Morgan fingerprint density at radius 3 is 2.34 bits per heavy atom. The smallest absolute Gasteiger partial charge is 0.352 e. The molecule has 7 rings (SSSR count). The molecule has 0 aliphatic carbocycles. The molecule has 12 nitrogen and oxygen atoms in total. The number of benzene rings is 1. The number of nitrogens with two attached hydrogens (primary N) is 1. The third-order valence-corrected chi connectivity index (χ3v) is 12.2. The molecule has 13 heteroatoms. The minimum atomic E-state index is -3.76. The normalized spacial score (nSPS) is 33.9. The molecule has 1 aromatic carbocycles. The number of nitrogens with zero attached hydrogens (tertiary/aromatic N) is 4. The summed E-state index contributed by atoms with van der Waals surface area (Å²) in [6.07, 6.45) is -0.202. The van der Waals surface area contributed by atoms with Gasteiger partial charge in [-0.05, 0) is 29.7 Å². The molecular formula is C28H39N5O7S+2. The van der Waals surface area contributed by atoms with E-state index in [0.29, 0.717) is 17.8 Å². The summed E-state index contributed by atoms with van der Waals surface area (Å²) in [6, 6.07) is 5.11. The largest absolute Gasteiger partial charge is 0.477 e. The average molecular weight is 590 g/mol. The molecule has 6 aliphatic rings. The Balaban J connectivity index is 1.23. The van der Waals surface area contributed by atoms with Gasteiger partial charge in [0.15, 0.2) is 6.54 Å². The van der Waals surface area contributed by atoms with E-state index in [4.69, 9.17) is 5.73 Å². The number of β-lactam (4-membered cyclic amide) rings is 1. The summed E-state index contributed by atoms with van der Waals surface area (Å²) >= 11 is 0. The van der Waals surface area contributed by atoms with E-state index >= 15 is 0 Å². The molecule has 0 aromatic heterocycles. The molecule has 0 saturated carbocycles. The lowest BCUT2D eigenvalue weighted by atomic mass is 9.78. The number of rotatable bonds is 9. The van der Waals surface area contributed by atoms with Crippen molar-refractivity contribution in [3.05, 3.63) is 40.6 Å². The lowest BCUT2D eigenvalue weighted by Gasteiger charge is -2.55. The number of aliphatic hydroxyl groups excluding tert-OH is 1. The molecule has 4 atom stereocenters. The third-order valence-electron chi connectivity index (χ3n) is 10.5. The van der Waals surface area contributed by atoms with Gasteiger partial charge in [0.2, 0.25) is 15.9 Å². The number of carboxylic acid groups (broad SMARTS) is 1. The van der Waals surface area contributed by atoms with Gasteiger partial charge < -0.3 is 29.8 Å². The van der Waals surface area contributed by atoms with Crippen LogP contribution in [-0.2, 0) is 36.6 Å². The quantitative estimate of drug-likeness (QED) is 0.252. The van der Waals surface area contributed by atoms with E-state index in [2.05, 4.69) is 0 Å². The van der Waals surface area contributed by atoms with Crippen molar-refractivity contribution in [3.63, 3.8) is 0 Å². The van der Waals surface area contributed by atoms with Gasteiger partial charge in [-0.15, -0.1) is 0 Å². The highest BCUT2D eigenvalue weighted by Crippen LogP contribution is 2.48. The summed E-state index contributed by atoms with van der Waals surface area (Å²) in [7, 11) is -3.76.